The Kier molecular flexibility index (Phi) is 6.76. The number of fused-ring (bicyclic) bond motifs is 1. The molecule has 1 atom stereocenters. The number of rotatable bonds is 7. The molecule has 11 nitrogen and oxygen atoms in total. The van der Waals surface area contributed by atoms with Gasteiger partial charge in [0.2, 0.25) is 5.95 Å². The molecule has 0 radical (unpaired) electrons. The van der Waals surface area contributed by atoms with Gasteiger partial charge in [0.15, 0.2) is 5.82 Å². The van der Waals surface area contributed by atoms with E-state index in [0.29, 0.717) is 35.4 Å². The molecule has 1 unspecified atom stereocenters. The molecule has 6 aromatic rings. The largest absolute Gasteiger partial charge is 0.364 e. The van der Waals surface area contributed by atoms with Crippen LogP contribution < -0.4 is 16.2 Å². The fraction of sp³-hybridized carbons (Fsp3) is 0.226. The monoisotopic (exact) mass is 558 g/mol. The third-order valence-electron chi connectivity index (χ3n) is 7.83. The van der Waals surface area contributed by atoms with Gasteiger partial charge in [0.25, 0.3) is 5.56 Å². The molecule has 2 aromatic carbocycles. The lowest BCUT2D eigenvalue weighted by Crippen LogP contribution is -2.28. The molecule has 0 amide bonds. The minimum atomic E-state index is -0.172. The standard InChI is InChI=1S/C31H30N10O/c1-40-29(37-38-39-40)26-9-3-2-8-25(26)27-16-22-18-34-31(36-28(22)41(30(27)42)19-24-7-5-15-33-24)35-23-12-10-20(11-13-23)21-6-4-14-32-17-21/h2-3,5,7-13,15-16,18,21,32-33H,4,6,14,17,19H2,1H3,(H,34,35,36). The molecular weight excluding hydrogens is 528 g/mol. The summed E-state index contributed by atoms with van der Waals surface area (Å²) >= 11 is 0. The van der Waals surface area contributed by atoms with Crippen molar-refractivity contribution in [3.05, 3.63) is 101 Å². The van der Waals surface area contributed by atoms with Gasteiger partial charge in [-0.2, -0.15) is 4.98 Å². The van der Waals surface area contributed by atoms with Crippen LogP contribution in [0.2, 0.25) is 0 Å². The van der Waals surface area contributed by atoms with Crippen molar-refractivity contribution in [2.24, 2.45) is 7.05 Å². The topological polar surface area (TPSA) is 131 Å². The Bertz CT molecular complexity index is 1900. The lowest BCUT2D eigenvalue weighted by molar-refractivity contribution is 0.461. The van der Waals surface area contributed by atoms with Crippen molar-refractivity contribution in [3.63, 3.8) is 0 Å². The Morgan fingerprint density at radius 2 is 1.88 bits per heavy atom. The number of benzene rings is 2. The molecule has 1 fully saturated rings. The first-order valence-corrected chi connectivity index (χ1v) is 14.1. The average molecular weight is 559 g/mol. The highest BCUT2D eigenvalue weighted by atomic mass is 16.1. The summed E-state index contributed by atoms with van der Waals surface area (Å²) in [7, 11) is 1.78. The highest BCUT2D eigenvalue weighted by Gasteiger charge is 2.19. The number of piperidine rings is 1. The lowest BCUT2D eigenvalue weighted by atomic mass is 9.92. The van der Waals surface area contributed by atoms with Gasteiger partial charge in [0.05, 0.1) is 6.54 Å². The van der Waals surface area contributed by atoms with E-state index < -0.39 is 0 Å². The number of pyridine rings is 1. The summed E-state index contributed by atoms with van der Waals surface area (Å²) in [5.41, 5.74) is 5.50. The van der Waals surface area contributed by atoms with E-state index in [1.165, 1.54) is 18.4 Å². The Labute approximate surface area is 241 Å². The summed E-state index contributed by atoms with van der Waals surface area (Å²) in [6, 6.07) is 21.8. The van der Waals surface area contributed by atoms with Crippen molar-refractivity contribution < 1.29 is 0 Å². The van der Waals surface area contributed by atoms with Crippen LogP contribution in [0.5, 0.6) is 0 Å². The molecule has 4 aromatic heterocycles. The Morgan fingerprint density at radius 3 is 2.62 bits per heavy atom. The van der Waals surface area contributed by atoms with Crippen molar-refractivity contribution in [1.29, 1.82) is 0 Å². The second-order valence-corrected chi connectivity index (χ2v) is 10.6. The summed E-state index contributed by atoms with van der Waals surface area (Å²) < 4.78 is 3.28. The summed E-state index contributed by atoms with van der Waals surface area (Å²) in [4.78, 5) is 26.8. The van der Waals surface area contributed by atoms with Crippen LogP contribution in [0.25, 0.3) is 33.5 Å². The van der Waals surface area contributed by atoms with Gasteiger partial charge in [0.1, 0.15) is 5.65 Å². The molecule has 0 aliphatic carbocycles. The van der Waals surface area contributed by atoms with Crippen LogP contribution in [0.4, 0.5) is 11.6 Å². The van der Waals surface area contributed by atoms with Gasteiger partial charge in [-0.25, -0.2) is 9.67 Å². The molecular formula is C31H30N10O. The number of nitrogens with zero attached hydrogens (tertiary/aromatic N) is 7. The molecule has 0 bridgehead atoms. The Balaban J connectivity index is 1.29. The third-order valence-corrected chi connectivity index (χ3v) is 7.83. The van der Waals surface area contributed by atoms with Crippen LogP contribution >= 0.6 is 0 Å². The van der Waals surface area contributed by atoms with Crippen molar-refractivity contribution in [2.75, 3.05) is 18.4 Å². The molecule has 210 valence electrons. The zero-order valence-corrected chi connectivity index (χ0v) is 23.2. The van der Waals surface area contributed by atoms with Gasteiger partial charge in [-0.15, -0.1) is 5.10 Å². The second-order valence-electron chi connectivity index (χ2n) is 10.6. The smallest absolute Gasteiger partial charge is 0.260 e. The summed E-state index contributed by atoms with van der Waals surface area (Å²) in [6.45, 7) is 2.43. The Hall–Kier alpha value is -5.16. The maximum absolute atomic E-state index is 14.2. The number of hydrogen-bond acceptors (Lipinski definition) is 8. The minimum Gasteiger partial charge on any atom is -0.364 e. The van der Waals surface area contributed by atoms with Crippen molar-refractivity contribution in [2.45, 2.75) is 25.3 Å². The number of tetrazole rings is 1. The molecule has 3 N–H and O–H groups in total. The van der Waals surface area contributed by atoms with Crippen LogP contribution in [0.3, 0.4) is 0 Å². The van der Waals surface area contributed by atoms with Crippen LogP contribution in [-0.2, 0) is 13.6 Å². The van der Waals surface area contributed by atoms with Crippen LogP contribution in [0.15, 0.2) is 83.9 Å². The Morgan fingerprint density at radius 1 is 1.02 bits per heavy atom. The van der Waals surface area contributed by atoms with E-state index in [9.17, 15) is 4.79 Å². The summed E-state index contributed by atoms with van der Waals surface area (Å²) in [6.07, 6.45) is 6.00. The number of aryl methyl sites for hydroxylation is 1. The molecule has 0 saturated carbocycles. The van der Waals surface area contributed by atoms with Gasteiger partial charge in [-0.3, -0.25) is 9.36 Å². The first-order valence-electron chi connectivity index (χ1n) is 14.1. The van der Waals surface area contributed by atoms with E-state index in [1.54, 1.807) is 22.5 Å². The maximum Gasteiger partial charge on any atom is 0.260 e. The molecule has 1 aliphatic heterocycles. The number of anilines is 2. The fourth-order valence-electron chi connectivity index (χ4n) is 5.67. The second kappa shape index (κ2) is 11.0. The van der Waals surface area contributed by atoms with E-state index in [4.69, 9.17) is 4.98 Å². The minimum absolute atomic E-state index is 0.172. The zero-order chi connectivity index (χ0) is 28.5. The molecule has 5 heterocycles. The third kappa shape index (κ3) is 4.94. The SMILES string of the molecule is Cn1nnnc1-c1ccccc1-c1cc2cnc(Nc3ccc(C4CCCNC4)cc3)nc2n(Cc2ccc[nH]2)c1=O. The van der Waals surface area contributed by atoms with E-state index in [0.717, 1.165) is 41.0 Å². The van der Waals surface area contributed by atoms with E-state index in [-0.39, 0.29) is 5.56 Å². The molecule has 1 aliphatic rings. The first-order chi connectivity index (χ1) is 20.6. The molecule has 11 heteroatoms. The van der Waals surface area contributed by atoms with Crippen molar-refractivity contribution in [1.82, 2.24) is 45.0 Å². The van der Waals surface area contributed by atoms with Gasteiger partial charge in [-0.1, -0.05) is 36.4 Å². The summed E-state index contributed by atoms with van der Waals surface area (Å²) in [5.74, 6) is 1.53. The van der Waals surface area contributed by atoms with Gasteiger partial charge in [-0.05, 0) is 77.2 Å². The van der Waals surface area contributed by atoms with Crippen LogP contribution in [-0.4, -0.2) is 52.8 Å². The molecule has 1 saturated heterocycles. The molecule has 0 spiro atoms. The number of aromatic amines is 1. The van der Waals surface area contributed by atoms with Crippen molar-refractivity contribution in [3.8, 4) is 22.5 Å². The quantitative estimate of drug-likeness (QED) is 0.265. The average Bonchev–Trinajstić information content (AvgIpc) is 3.71. The number of nitrogens with one attached hydrogen (secondary N) is 3. The van der Waals surface area contributed by atoms with Crippen LogP contribution in [0.1, 0.15) is 30.0 Å². The molecule has 7 rings (SSSR count). The lowest BCUT2D eigenvalue weighted by Gasteiger charge is -2.23. The number of H-pyrrole nitrogens is 1. The number of aromatic nitrogens is 8. The van der Waals surface area contributed by atoms with Gasteiger partial charge in [0, 0.05) is 53.9 Å². The predicted octanol–water partition coefficient (Wildman–Crippen LogP) is 4.24. The van der Waals surface area contributed by atoms with Crippen molar-refractivity contribution >= 4 is 22.7 Å². The van der Waals surface area contributed by atoms with Gasteiger partial charge >= 0.3 is 0 Å². The fourth-order valence-corrected chi connectivity index (χ4v) is 5.67. The van der Waals surface area contributed by atoms with Crippen LogP contribution in [0, 0.1) is 0 Å². The first kappa shape index (κ1) is 25.8. The highest BCUT2D eigenvalue weighted by Crippen LogP contribution is 2.30. The number of hydrogen-bond donors (Lipinski definition) is 3. The molecule has 42 heavy (non-hydrogen) atoms. The predicted molar refractivity (Wildman–Crippen MR) is 161 cm³/mol. The van der Waals surface area contributed by atoms with E-state index in [2.05, 4.69) is 60.4 Å². The van der Waals surface area contributed by atoms with E-state index in [1.807, 2.05) is 48.7 Å². The highest BCUT2D eigenvalue weighted by molar-refractivity contribution is 5.87. The van der Waals surface area contributed by atoms with E-state index >= 15 is 0 Å². The van der Waals surface area contributed by atoms with Gasteiger partial charge < -0.3 is 15.6 Å². The summed E-state index contributed by atoms with van der Waals surface area (Å²) in [5, 5.41) is 19.5. The maximum atomic E-state index is 14.2. The zero-order valence-electron chi connectivity index (χ0n) is 23.2. The normalized spacial score (nSPS) is 15.2.